The Balaban J connectivity index is 2.25. The molecule has 0 bridgehead atoms. The first-order chi connectivity index (χ1) is 8.56. The van der Waals surface area contributed by atoms with Gasteiger partial charge in [0.25, 0.3) is 0 Å². The molecule has 0 radical (unpaired) electrons. The molecule has 0 spiro atoms. The van der Waals surface area contributed by atoms with E-state index in [2.05, 4.69) is 0 Å². The van der Waals surface area contributed by atoms with Crippen molar-refractivity contribution in [1.82, 2.24) is 0 Å². The summed E-state index contributed by atoms with van der Waals surface area (Å²) in [5.41, 5.74) is 1.05. The number of hydrogen-bond acceptors (Lipinski definition) is 4. The number of allylic oxidation sites excluding steroid dienone is 4. The minimum absolute atomic E-state index is 0.00294. The first-order valence-electron chi connectivity index (χ1n) is 5.72. The van der Waals surface area contributed by atoms with Crippen LogP contribution in [0.5, 0.6) is 0 Å². The normalized spacial score (nSPS) is 17.8. The van der Waals surface area contributed by atoms with E-state index in [1.807, 2.05) is 30.3 Å². The van der Waals surface area contributed by atoms with Gasteiger partial charge in [0.05, 0.1) is 5.21 Å². The predicted molar refractivity (Wildman–Crippen MR) is 70.5 cm³/mol. The minimum atomic E-state index is -1.86. The molecule has 1 aromatic carbocycles. The van der Waals surface area contributed by atoms with Gasteiger partial charge in [-0.2, -0.15) is 0 Å². The number of hydrogen-bond donors (Lipinski definition) is 4. The van der Waals surface area contributed by atoms with Crippen molar-refractivity contribution in [3.05, 3.63) is 60.2 Å². The summed E-state index contributed by atoms with van der Waals surface area (Å²) in [4.78, 5) is 0. The van der Waals surface area contributed by atoms with E-state index >= 15 is 0 Å². The van der Waals surface area contributed by atoms with Crippen LogP contribution in [-0.4, -0.2) is 34.3 Å². The Morgan fingerprint density at radius 2 is 1.33 bits per heavy atom. The molecule has 2 rings (SSSR count). The SMILES string of the molecule is OB(O)C1(B(O)O)C=CC(c2ccccc2)C=C1. The van der Waals surface area contributed by atoms with E-state index in [-0.39, 0.29) is 5.92 Å². The fourth-order valence-corrected chi connectivity index (χ4v) is 2.04. The molecule has 1 aliphatic rings. The van der Waals surface area contributed by atoms with E-state index in [0.29, 0.717) is 0 Å². The monoisotopic (exact) mass is 244 g/mol. The summed E-state index contributed by atoms with van der Waals surface area (Å²) in [5, 5.41) is 35.6. The molecular weight excluding hydrogens is 230 g/mol. The topological polar surface area (TPSA) is 80.9 Å². The zero-order chi connectivity index (χ0) is 13.2. The van der Waals surface area contributed by atoms with Crippen molar-refractivity contribution in [2.75, 3.05) is 0 Å². The van der Waals surface area contributed by atoms with E-state index < -0.39 is 19.5 Å². The lowest BCUT2D eigenvalue weighted by Gasteiger charge is -2.29. The molecule has 4 N–H and O–H groups in total. The lowest BCUT2D eigenvalue weighted by Crippen LogP contribution is -2.44. The van der Waals surface area contributed by atoms with Gasteiger partial charge in [-0.15, -0.1) is 0 Å². The Bertz CT molecular complexity index is 432. The summed E-state index contributed by atoms with van der Waals surface area (Å²) in [6, 6.07) is 9.66. The molecule has 0 heterocycles. The summed E-state index contributed by atoms with van der Waals surface area (Å²) in [6.07, 6.45) is 6.32. The van der Waals surface area contributed by atoms with Gasteiger partial charge in [-0.3, -0.25) is 0 Å². The van der Waals surface area contributed by atoms with Gasteiger partial charge >= 0.3 is 14.2 Å². The second-order valence-corrected chi connectivity index (χ2v) is 4.40. The molecule has 0 unspecified atom stereocenters. The van der Waals surface area contributed by atoms with Crippen LogP contribution in [0.2, 0.25) is 5.21 Å². The standard InChI is InChI=1S/C12H14B2O4/c15-13(16)12(14(17)18)8-6-11(7-9-12)10-4-2-1-3-5-10/h1-9,11,15-18H. The van der Waals surface area contributed by atoms with Crippen molar-refractivity contribution in [2.24, 2.45) is 0 Å². The summed E-state index contributed by atoms with van der Waals surface area (Å²) >= 11 is 0. The molecule has 0 aliphatic heterocycles. The minimum Gasteiger partial charge on any atom is -0.427 e. The third kappa shape index (κ3) is 2.28. The maximum absolute atomic E-state index is 9.29. The van der Waals surface area contributed by atoms with Crippen molar-refractivity contribution < 1.29 is 20.1 Å². The van der Waals surface area contributed by atoms with Crippen LogP contribution < -0.4 is 0 Å². The van der Waals surface area contributed by atoms with Crippen molar-refractivity contribution in [3.63, 3.8) is 0 Å². The summed E-state index contributed by atoms with van der Waals surface area (Å²) in [5.74, 6) is -0.00294. The second kappa shape index (κ2) is 5.12. The van der Waals surface area contributed by atoms with Crippen LogP contribution >= 0.6 is 0 Å². The average Bonchev–Trinajstić information content (AvgIpc) is 2.39. The van der Waals surface area contributed by atoms with Crippen molar-refractivity contribution in [1.29, 1.82) is 0 Å². The molecule has 0 fully saturated rings. The number of rotatable bonds is 3. The maximum Gasteiger partial charge on any atom is 0.463 e. The van der Waals surface area contributed by atoms with Crippen LogP contribution in [0, 0.1) is 0 Å². The molecule has 18 heavy (non-hydrogen) atoms. The van der Waals surface area contributed by atoms with Crippen molar-refractivity contribution >= 4 is 14.2 Å². The summed E-state index contributed by atoms with van der Waals surface area (Å²) in [7, 11) is -3.72. The number of benzene rings is 1. The molecular formula is C12H14B2O4. The van der Waals surface area contributed by atoms with Crippen molar-refractivity contribution in [3.8, 4) is 0 Å². The van der Waals surface area contributed by atoms with Crippen LogP contribution in [0.3, 0.4) is 0 Å². The zero-order valence-electron chi connectivity index (χ0n) is 9.72. The molecule has 0 aromatic heterocycles. The van der Waals surface area contributed by atoms with Crippen LogP contribution in [-0.2, 0) is 0 Å². The molecule has 6 heteroatoms. The van der Waals surface area contributed by atoms with Gasteiger partial charge in [0.15, 0.2) is 0 Å². The van der Waals surface area contributed by atoms with Gasteiger partial charge in [-0.05, 0) is 5.56 Å². The molecule has 1 aliphatic carbocycles. The van der Waals surface area contributed by atoms with Crippen LogP contribution in [0.4, 0.5) is 0 Å². The Labute approximate surface area is 106 Å². The van der Waals surface area contributed by atoms with Gasteiger partial charge in [0, 0.05) is 5.92 Å². The Kier molecular flexibility index (Phi) is 3.73. The molecule has 0 saturated heterocycles. The first kappa shape index (κ1) is 13.1. The predicted octanol–water partition coefficient (Wildman–Crippen LogP) is 0.121. The lowest BCUT2D eigenvalue weighted by atomic mass is 9.38. The van der Waals surface area contributed by atoms with Crippen LogP contribution in [0.25, 0.3) is 0 Å². The van der Waals surface area contributed by atoms with E-state index in [1.165, 1.54) is 12.2 Å². The van der Waals surface area contributed by atoms with E-state index in [1.54, 1.807) is 12.2 Å². The van der Waals surface area contributed by atoms with E-state index in [4.69, 9.17) is 0 Å². The molecule has 92 valence electrons. The molecule has 0 atom stereocenters. The summed E-state index contributed by atoms with van der Waals surface area (Å²) < 4.78 is 0. The largest absolute Gasteiger partial charge is 0.463 e. The van der Waals surface area contributed by atoms with Gasteiger partial charge in [-0.1, -0.05) is 54.6 Å². The van der Waals surface area contributed by atoms with E-state index in [9.17, 15) is 20.1 Å². The Morgan fingerprint density at radius 3 is 1.78 bits per heavy atom. The fraction of sp³-hybridized carbons (Fsp3) is 0.167. The molecule has 4 nitrogen and oxygen atoms in total. The average molecular weight is 244 g/mol. The van der Waals surface area contributed by atoms with Gasteiger partial charge in [0.2, 0.25) is 0 Å². The maximum atomic E-state index is 9.29. The summed E-state index contributed by atoms with van der Waals surface area (Å²) in [6.45, 7) is 0. The molecule has 0 saturated carbocycles. The zero-order valence-corrected chi connectivity index (χ0v) is 9.72. The fourth-order valence-electron chi connectivity index (χ4n) is 2.04. The highest BCUT2D eigenvalue weighted by Crippen LogP contribution is 2.39. The first-order valence-corrected chi connectivity index (χ1v) is 5.72. The molecule has 0 amide bonds. The van der Waals surface area contributed by atoms with Crippen molar-refractivity contribution in [2.45, 2.75) is 11.1 Å². The van der Waals surface area contributed by atoms with E-state index in [0.717, 1.165) is 5.56 Å². The van der Waals surface area contributed by atoms with Gasteiger partial charge < -0.3 is 20.1 Å². The Morgan fingerprint density at radius 1 is 0.833 bits per heavy atom. The van der Waals surface area contributed by atoms with Gasteiger partial charge in [-0.25, -0.2) is 0 Å². The van der Waals surface area contributed by atoms with Crippen LogP contribution in [0.15, 0.2) is 54.6 Å². The highest BCUT2D eigenvalue weighted by Gasteiger charge is 2.49. The van der Waals surface area contributed by atoms with Crippen LogP contribution in [0.1, 0.15) is 11.5 Å². The third-order valence-corrected chi connectivity index (χ3v) is 3.26. The third-order valence-electron chi connectivity index (χ3n) is 3.26. The smallest absolute Gasteiger partial charge is 0.427 e. The Hall–Kier alpha value is -1.33. The molecule has 1 aromatic rings. The highest BCUT2D eigenvalue weighted by molar-refractivity contribution is 6.70. The second-order valence-electron chi connectivity index (χ2n) is 4.40. The quantitative estimate of drug-likeness (QED) is 0.449. The van der Waals surface area contributed by atoms with Gasteiger partial charge in [0.1, 0.15) is 0 Å². The highest BCUT2D eigenvalue weighted by atomic mass is 16.4. The lowest BCUT2D eigenvalue weighted by molar-refractivity contribution is 0.350.